The number of aliphatic hydroxyl groups excluding tert-OH is 1. The predicted octanol–water partition coefficient (Wildman–Crippen LogP) is 0.521. The summed E-state index contributed by atoms with van der Waals surface area (Å²) in [6.07, 6.45) is 0.685. The molecule has 1 aromatic rings. The Morgan fingerprint density at radius 2 is 2.18 bits per heavy atom. The zero-order chi connectivity index (χ0) is 12.5. The average Bonchev–Trinajstić information content (AvgIpc) is 2.33. The van der Waals surface area contributed by atoms with E-state index in [1.54, 1.807) is 12.1 Å². The van der Waals surface area contributed by atoms with Crippen LogP contribution in [0.3, 0.4) is 0 Å². The molecule has 1 rings (SSSR count). The van der Waals surface area contributed by atoms with Crippen LogP contribution in [0.4, 0.5) is 0 Å². The van der Waals surface area contributed by atoms with Gasteiger partial charge in [-0.1, -0.05) is 6.07 Å². The number of rotatable bonds is 7. The van der Waals surface area contributed by atoms with Crippen LogP contribution < -0.4 is 5.32 Å². The fraction of sp³-hybridized carbons (Fsp3) is 0.417. The monoisotopic (exact) mass is 239 g/mol. The minimum Gasteiger partial charge on any atom is -0.508 e. The van der Waals surface area contributed by atoms with E-state index >= 15 is 0 Å². The lowest BCUT2D eigenvalue weighted by atomic mass is 10.2. The van der Waals surface area contributed by atoms with E-state index in [1.165, 1.54) is 12.1 Å². The maximum absolute atomic E-state index is 11.6. The maximum Gasteiger partial charge on any atom is 0.251 e. The Morgan fingerprint density at radius 3 is 2.88 bits per heavy atom. The van der Waals surface area contributed by atoms with Crippen molar-refractivity contribution in [2.24, 2.45) is 0 Å². The number of nitrogens with one attached hydrogen (secondary N) is 1. The van der Waals surface area contributed by atoms with E-state index in [1.807, 2.05) is 0 Å². The summed E-state index contributed by atoms with van der Waals surface area (Å²) in [5.74, 6) is -0.146. The predicted molar refractivity (Wildman–Crippen MR) is 63.0 cm³/mol. The summed E-state index contributed by atoms with van der Waals surface area (Å²) in [5.41, 5.74) is 0.432. The highest BCUT2D eigenvalue weighted by molar-refractivity contribution is 5.94. The Morgan fingerprint density at radius 1 is 1.35 bits per heavy atom. The topological polar surface area (TPSA) is 78.8 Å². The summed E-state index contributed by atoms with van der Waals surface area (Å²) in [5, 5.41) is 20.4. The SMILES string of the molecule is O=C(NCCCOCCO)c1cccc(O)c1. The summed E-state index contributed by atoms with van der Waals surface area (Å²) in [7, 11) is 0. The lowest BCUT2D eigenvalue weighted by molar-refractivity contribution is 0.0867. The van der Waals surface area contributed by atoms with Crippen LogP contribution in [0, 0.1) is 0 Å². The van der Waals surface area contributed by atoms with Crippen LogP contribution >= 0.6 is 0 Å². The van der Waals surface area contributed by atoms with Crippen molar-refractivity contribution in [2.45, 2.75) is 6.42 Å². The molecule has 0 heterocycles. The number of hydrogen-bond acceptors (Lipinski definition) is 4. The number of carbonyl (C=O) groups excluding carboxylic acids is 1. The zero-order valence-electron chi connectivity index (χ0n) is 9.56. The van der Waals surface area contributed by atoms with Crippen LogP contribution in [0.2, 0.25) is 0 Å². The van der Waals surface area contributed by atoms with Crippen molar-refractivity contribution in [1.82, 2.24) is 5.32 Å². The number of benzene rings is 1. The Labute approximate surface area is 100 Å². The number of ether oxygens (including phenoxy) is 1. The fourth-order valence-corrected chi connectivity index (χ4v) is 1.29. The molecule has 1 aromatic carbocycles. The summed E-state index contributed by atoms with van der Waals surface area (Å²) in [6.45, 7) is 1.33. The van der Waals surface area contributed by atoms with Gasteiger partial charge in [-0.3, -0.25) is 4.79 Å². The number of aromatic hydroxyl groups is 1. The molecule has 0 aliphatic heterocycles. The van der Waals surface area contributed by atoms with Gasteiger partial charge in [0.05, 0.1) is 13.2 Å². The van der Waals surface area contributed by atoms with Gasteiger partial charge in [-0.05, 0) is 24.6 Å². The van der Waals surface area contributed by atoms with E-state index in [4.69, 9.17) is 9.84 Å². The normalized spacial score (nSPS) is 10.2. The number of phenols is 1. The second kappa shape index (κ2) is 7.65. The van der Waals surface area contributed by atoms with Crippen molar-refractivity contribution in [1.29, 1.82) is 0 Å². The van der Waals surface area contributed by atoms with Crippen LogP contribution in [-0.4, -0.2) is 42.5 Å². The molecule has 0 spiro atoms. The van der Waals surface area contributed by atoms with Gasteiger partial charge in [0.2, 0.25) is 0 Å². The number of aliphatic hydroxyl groups is 1. The second-order valence-corrected chi connectivity index (χ2v) is 3.50. The second-order valence-electron chi connectivity index (χ2n) is 3.50. The molecule has 0 saturated heterocycles. The van der Waals surface area contributed by atoms with Gasteiger partial charge in [-0.15, -0.1) is 0 Å². The first-order chi connectivity index (χ1) is 8.24. The third-order valence-corrected chi connectivity index (χ3v) is 2.09. The van der Waals surface area contributed by atoms with E-state index in [0.29, 0.717) is 31.7 Å². The van der Waals surface area contributed by atoms with E-state index in [9.17, 15) is 9.90 Å². The Kier molecular flexibility index (Phi) is 6.06. The minimum atomic E-state index is -0.219. The third kappa shape index (κ3) is 5.33. The van der Waals surface area contributed by atoms with Crippen molar-refractivity contribution in [3.05, 3.63) is 29.8 Å². The largest absolute Gasteiger partial charge is 0.508 e. The standard InChI is InChI=1S/C12H17NO4/c14-6-8-17-7-2-5-13-12(16)10-3-1-4-11(15)9-10/h1,3-4,9,14-15H,2,5-8H2,(H,13,16). The molecule has 17 heavy (non-hydrogen) atoms. The molecule has 3 N–H and O–H groups in total. The quantitative estimate of drug-likeness (QED) is 0.606. The van der Waals surface area contributed by atoms with Gasteiger partial charge >= 0.3 is 0 Å². The third-order valence-electron chi connectivity index (χ3n) is 2.09. The summed E-state index contributed by atoms with van der Waals surface area (Å²) in [4.78, 5) is 11.6. The highest BCUT2D eigenvalue weighted by Crippen LogP contribution is 2.10. The maximum atomic E-state index is 11.6. The van der Waals surface area contributed by atoms with Gasteiger partial charge in [0, 0.05) is 18.7 Å². The van der Waals surface area contributed by atoms with Crippen LogP contribution in [0.15, 0.2) is 24.3 Å². The summed E-state index contributed by atoms with van der Waals surface area (Å²) >= 11 is 0. The smallest absolute Gasteiger partial charge is 0.251 e. The van der Waals surface area contributed by atoms with Crippen molar-refractivity contribution in [3.8, 4) is 5.75 Å². The van der Waals surface area contributed by atoms with Crippen molar-refractivity contribution in [2.75, 3.05) is 26.4 Å². The van der Waals surface area contributed by atoms with Crippen LogP contribution in [0.25, 0.3) is 0 Å². The summed E-state index contributed by atoms with van der Waals surface area (Å²) < 4.78 is 5.05. The van der Waals surface area contributed by atoms with Gasteiger partial charge in [-0.2, -0.15) is 0 Å². The molecule has 0 unspecified atom stereocenters. The molecule has 0 saturated carbocycles. The molecule has 0 aliphatic rings. The first-order valence-corrected chi connectivity index (χ1v) is 5.50. The first-order valence-electron chi connectivity index (χ1n) is 5.50. The number of hydrogen-bond donors (Lipinski definition) is 3. The molecule has 5 heteroatoms. The lowest BCUT2D eigenvalue weighted by Crippen LogP contribution is -2.25. The first kappa shape index (κ1) is 13.5. The fourth-order valence-electron chi connectivity index (χ4n) is 1.29. The average molecular weight is 239 g/mol. The van der Waals surface area contributed by atoms with E-state index in [0.717, 1.165) is 0 Å². The molecule has 0 aliphatic carbocycles. The van der Waals surface area contributed by atoms with E-state index in [-0.39, 0.29) is 18.3 Å². The lowest BCUT2D eigenvalue weighted by Gasteiger charge is -2.05. The molecule has 0 bridgehead atoms. The van der Waals surface area contributed by atoms with Crippen molar-refractivity contribution in [3.63, 3.8) is 0 Å². The summed E-state index contributed by atoms with van der Waals surface area (Å²) in [6, 6.07) is 6.18. The van der Waals surface area contributed by atoms with E-state index in [2.05, 4.69) is 5.32 Å². The van der Waals surface area contributed by atoms with Crippen molar-refractivity contribution >= 4 is 5.91 Å². The molecule has 0 radical (unpaired) electrons. The van der Waals surface area contributed by atoms with Crippen LogP contribution in [0.1, 0.15) is 16.8 Å². The molecule has 0 aromatic heterocycles. The molecule has 0 atom stereocenters. The van der Waals surface area contributed by atoms with Gasteiger partial charge in [0.1, 0.15) is 5.75 Å². The van der Waals surface area contributed by atoms with Gasteiger partial charge < -0.3 is 20.3 Å². The van der Waals surface area contributed by atoms with Crippen LogP contribution in [0.5, 0.6) is 5.75 Å². The highest BCUT2D eigenvalue weighted by atomic mass is 16.5. The molecule has 0 fully saturated rings. The molecule has 94 valence electrons. The Hall–Kier alpha value is -1.59. The van der Waals surface area contributed by atoms with Gasteiger partial charge in [0.25, 0.3) is 5.91 Å². The Bertz CT molecular complexity index is 354. The molecule has 1 amide bonds. The molecule has 5 nitrogen and oxygen atoms in total. The van der Waals surface area contributed by atoms with Gasteiger partial charge in [-0.25, -0.2) is 0 Å². The van der Waals surface area contributed by atoms with Crippen molar-refractivity contribution < 1.29 is 19.7 Å². The zero-order valence-corrected chi connectivity index (χ0v) is 9.56. The number of carbonyl (C=O) groups is 1. The Balaban J connectivity index is 2.21. The number of amides is 1. The molecular formula is C12H17NO4. The van der Waals surface area contributed by atoms with Crippen LogP contribution in [-0.2, 0) is 4.74 Å². The molecular weight excluding hydrogens is 222 g/mol. The van der Waals surface area contributed by atoms with Gasteiger partial charge in [0.15, 0.2) is 0 Å². The number of phenolic OH excluding ortho intramolecular Hbond substituents is 1. The highest BCUT2D eigenvalue weighted by Gasteiger charge is 2.04. The van der Waals surface area contributed by atoms with E-state index < -0.39 is 0 Å². The minimum absolute atomic E-state index is 0.00957.